The lowest BCUT2D eigenvalue weighted by Crippen LogP contribution is -2.23. The molecule has 4 rings (SSSR count). The highest BCUT2D eigenvalue weighted by Gasteiger charge is 2.28. The number of rotatable bonds is 3. The zero-order valence-electron chi connectivity index (χ0n) is 13.8. The number of hydrogen-bond donors (Lipinski definition) is 2. The molecule has 0 spiro atoms. The molecule has 1 amide bonds. The highest BCUT2D eigenvalue weighted by atomic mass is 16.4. The largest absolute Gasteiger partial charge is 0.455 e. The standard InChI is InChI=1S/C19H19N3O2/c1-11-3-5-13(6-4-11)9-20-19(23)18-12(2)16-15(24-18)8-7-14-10-21-22-17(14)16/h3-6,10H,7-9H2,1-2H3,(H,20,23)(H,21,22). The zero-order valence-corrected chi connectivity index (χ0v) is 13.8. The third kappa shape index (κ3) is 2.42. The fraction of sp³-hybridized carbons (Fsp3) is 0.263. The Balaban J connectivity index is 1.57. The van der Waals surface area contributed by atoms with Crippen LogP contribution in [0.5, 0.6) is 0 Å². The second kappa shape index (κ2) is 5.67. The number of furan rings is 1. The Morgan fingerprint density at radius 1 is 1.25 bits per heavy atom. The van der Waals surface area contributed by atoms with Crippen LogP contribution in [0.25, 0.3) is 11.3 Å². The minimum absolute atomic E-state index is 0.177. The van der Waals surface area contributed by atoms with Gasteiger partial charge in [0.1, 0.15) is 5.76 Å². The van der Waals surface area contributed by atoms with Crippen LogP contribution in [0.4, 0.5) is 0 Å². The number of aromatic nitrogens is 2. The summed E-state index contributed by atoms with van der Waals surface area (Å²) in [5.41, 5.74) is 6.30. The summed E-state index contributed by atoms with van der Waals surface area (Å²) < 4.78 is 5.87. The van der Waals surface area contributed by atoms with E-state index in [0.717, 1.165) is 41.0 Å². The molecule has 24 heavy (non-hydrogen) atoms. The second-order valence-corrected chi connectivity index (χ2v) is 6.29. The minimum atomic E-state index is -0.177. The number of aromatic amines is 1. The van der Waals surface area contributed by atoms with E-state index in [1.807, 2.05) is 44.3 Å². The highest BCUT2D eigenvalue weighted by molar-refractivity contribution is 5.95. The van der Waals surface area contributed by atoms with Crippen molar-refractivity contribution in [3.8, 4) is 11.3 Å². The van der Waals surface area contributed by atoms with E-state index in [2.05, 4.69) is 15.5 Å². The molecule has 2 heterocycles. The van der Waals surface area contributed by atoms with Crippen molar-refractivity contribution in [3.63, 3.8) is 0 Å². The van der Waals surface area contributed by atoms with Gasteiger partial charge in [0.2, 0.25) is 0 Å². The highest BCUT2D eigenvalue weighted by Crippen LogP contribution is 2.37. The molecule has 5 nitrogen and oxygen atoms in total. The van der Waals surface area contributed by atoms with Gasteiger partial charge in [0.15, 0.2) is 5.76 Å². The molecule has 5 heteroatoms. The van der Waals surface area contributed by atoms with Crippen LogP contribution in [0.1, 0.15) is 38.6 Å². The van der Waals surface area contributed by atoms with Gasteiger partial charge in [0.05, 0.1) is 11.9 Å². The maximum absolute atomic E-state index is 12.5. The first-order valence-corrected chi connectivity index (χ1v) is 8.12. The predicted octanol–water partition coefficient (Wildman–Crippen LogP) is 3.32. The molecule has 122 valence electrons. The molecule has 0 unspecified atom stereocenters. The SMILES string of the molecule is Cc1ccc(CNC(=O)c2oc3c(c2C)-c2[nH]ncc2CC3)cc1. The number of benzene rings is 1. The van der Waals surface area contributed by atoms with Gasteiger partial charge >= 0.3 is 0 Å². The molecule has 3 aromatic rings. The lowest BCUT2D eigenvalue weighted by atomic mass is 9.93. The third-order valence-corrected chi connectivity index (χ3v) is 4.59. The van der Waals surface area contributed by atoms with Gasteiger partial charge in [-0.25, -0.2) is 0 Å². The van der Waals surface area contributed by atoms with Crippen LogP contribution >= 0.6 is 0 Å². The first-order valence-electron chi connectivity index (χ1n) is 8.12. The Bertz CT molecular complexity index is 903. The first kappa shape index (κ1) is 14.8. The molecule has 0 atom stereocenters. The number of nitrogens with zero attached hydrogens (tertiary/aromatic N) is 1. The quantitative estimate of drug-likeness (QED) is 0.777. The van der Waals surface area contributed by atoms with Crippen molar-refractivity contribution in [2.24, 2.45) is 0 Å². The molecule has 1 aliphatic rings. The van der Waals surface area contributed by atoms with Gasteiger partial charge in [-0.15, -0.1) is 0 Å². The van der Waals surface area contributed by atoms with Gasteiger partial charge in [-0.1, -0.05) is 29.8 Å². The van der Waals surface area contributed by atoms with Crippen LogP contribution in [0.3, 0.4) is 0 Å². The van der Waals surface area contributed by atoms with Crippen molar-refractivity contribution >= 4 is 5.91 Å². The van der Waals surface area contributed by atoms with Crippen molar-refractivity contribution in [3.05, 3.63) is 64.2 Å². The monoisotopic (exact) mass is 321 g/mol. The summed E-state index contributed by atoms with van der Waals surface area (Å²) in [4.78, 5) is 12.5. The summed E-state index contributed by atoms with van der Waals surface area (Å²) in [7, 11) is 0. The molecule has 2 aromatic heterocycles. The molecule has 0 aliphatic heterocycles. The van der Waals surface area contributed by atoms with E-state index in [4.69, 9.17) is 4.42 Å². The first-order chi connectivity index (χ1) is 11.6. The number of hydrogen-bond acceptors (Lipinski definition) is 3. The van der Waals surface area contributed by atoms with E-state index in [9.17, 15) is 4.79 Å². The molecule has 0 fully saturated rings. The molecular formula is C19H19N3O2. The zero-order chi connectivity index (χ0) is 16.7. The molecule has 0 saturated heterocycles. The summed E-state index contributed by atoms with van der Waals surface area (Å²) in [6.45, 7) is 4.46. The second-order valence-electron chi connectivity index (χ2n) is 6.29. The Labute approximate surface area is 140 Å². The van der Waals surface area contributed by atoms with Gasteiger partial charge in [0.25, 0.3) is 5.91 Å². The maximum atomic E-state index is 12.5. The van der Waals surface area contributed by atoms with Gasteiger partial charge in [-0.2, -0.15) is 5.10 Å². The van der Waals surface area contributed by atoms with E-state index < -0.39 is 0 Å². The molecule has 2 N–H and O–H groups in total. The molecular weight excluding hydrogens is 302 g/mol. The van der Waals surface area contributed by atoms with Crippen LogP contribution in [0.2, 0.25) is 0 Å². The van der Waals surface area contributed by atoms with Crippen LogP contribution in [0.15, 0.2) is 34.9 Å². The summed E-state index contributed by atoms with van der Waals surface area (Å²) in [5, 5.41) is 10.1. The van der Waals surface area contributed by atoms with Crippen LogP contribution in [-0.4, -0.2) is 16.1 Å². The molecule has 0 radical (unpaired) electrons. The van der Waals surface area contributed by atoms with Crippen LogP contribution in [0, 0.1) is 13.8 Å². The lowest BCUT2D eigenvalue weighted by Gasteiger charge is -2.09. The van der Waals surface area contributed by atoms with E-state index >= 15 is 0 Å². The molecule has 0 saturated carbocycles. The number of carbonyl (C=O) groups is 1. The average molecular weight is 321 g/mol. The predicted molar refractivity (Wildman–Crippen MR) is 90.8 cm³/mol. The van der Waals surface area contributed by atoms with Crippen LogP contribution < -0.4 is 5.32 Å². The maximum Gasteiger partial charge on any atom is 0.287 e. The summed E-state index contributed by atoms with van der Waals surface area (Å²) >= 11 is 0. The number of nitrogens with one attached hydrogen (secondary N) is 2. The smallest absolute Gasteiger partial charge is 0.287 e. The number of aryl methyl sites for hydroxylation is 3. The van der Waals surface area contributed by atoms with Gasteiger partial charge in [-0.3, -0.25) is 9.89 Å². The van der Waals surface area contributed by atoms with E-state index in [1.165, 1.54) is 11.1 Å². The number of H-pyrrole nitrogens is 1. The fourth-order valence-corrected chi connectivity index (χ4v) is 3.23. The number of fused-ring (bicyclic) bond motifs is 3. The summed E-state index contributed by atoms with van der Waals surface area (Å²) in [5.74, 6) is 1.09. The van der Waals surface area contributed by atoms with E-state index in [-0.39, 0.29) is 5.91 Å². The number of carbonyl (C=O) groups excluding carboxylic acids is 1. The number of amides is 1. The van der Waals surface area contributed by atoms with Crippen LogP contribution in [-0.2, 0) is 19.4 Å². The van der Waals surface area contributed by atoms with Crippen molar-refractivity contribution in [1.29, 1.82) is 0 Å². The Morgan fingerprint density at radius 2 is 2.04 bits per heavy atom. The van der Waals surface area contributed by atoms with Crippen molar-refractivity contribution in [1.82, 2.24) is 15.5 Å². The average Bonchev–Trinajstić information content (AvgIpc) is 3.18. The normalized spacial score (nSPS) is 12.6. The van der Waals surface area contributed by atoms with Crippen molar-refractivity contribution < 1.29 is 9.21 Å². The third-order valence-electron chi connectivity index (χ3n) is 4.59. The molecule has 0 bridgehead atoms. The molecule has 1 aromatic carbocycles. The Morgan fingerprint density at radius 3 is 2.83 bits per heavy atom. The Hall–Kier alpha value is -2.82. The van der Waals surface area contributed by atoms with Gasteiger partial charge in [-0.05, 0) is 31.4 Å². The van der Waals surface area contributed by atoms with E-state index in [0.29, 0.717) is 12.3 Å². The summed E-state index contributed by atoms with van der Waals surface area (Å²) in [6.07, 6.45) is 3.53. The fourth-order valence-electron chi connectivity index (χ4n) is 3.23. The Kier molecular flexibility index (Phi) is 3.49. The minimum Gasteiger partial charge on any atom is -0.455 e. The van der Waals surface area contributed by atoms with Crippen molar-refractivity contribution in [2.45, 2.75) is 33.2 Å². The summed E-state index contributed by atoms with van der Waals surface area (Å²) in [6, 6.07) is 8.12. The van der Waals surface area contributed by atoms with Gasteiger partial charge < -0.3 is 9.73 Å². The van der Waals surface area contributed by atoms with E-state index in [1.54, 1.807) is 0 Å². The van der Waals surface area contributed by atoms with Gasteiger partial charge in [0, 0.05) is 24.1 Å². The lowest BCUT2D eigenvalue weighted by molar-refractivity contribution is 0.0920. The topological polar surface area (TPSA) is 70.9 Å². The molecule has 1 aliphatic carbocycles. The van der Waals surface area contributed by atoms with Crippen molar-refractivity contribution in [2.75, 3.05) is 0 Å².